The van der Waals surface area contributed by atoms with Gasteiger partial charge in [0.05, 0.1) is 11.6 Å². The maximum atomic E-state index is 13.5. The Hall–Kier alpha value is -2.80. The Labute approximate surface area is 191 Å². The summed E-state index contributed by atoms with van der Waals surface area (Å²) in [4.78, 5) is 25.1. The number of nitrogens with one attached hydrogen (secondary N) is 2. The molecule has 2 N–H and O–H groups in total. The fourth-order valence-corrected chi connectivity index (χ4v) is 4.58. The highest BCUT2D eigenvalue weighted by atomic mass is 35.5. The van der Waals surface area contributed by atoms with Crippen LogP contribution in [0, 0.1) is 17.7 Å². The van der Waals surface area contributed by atoms with E-state index in [4.69, 9.17) is 21.1 Å². The highest BCUT2D eigenvalue weighted by Gasteiger charge is 2.46. The fourth-order valence-electron chi connectivity index (χ4n) is 4.46. The van der Waals surface area contributed by atoms with Crippen molar-refractivity contribution in [3.63, 3.8) is 0 Å². The SMILES string of the molecule is CCOc1ccc(C(=O)NC2CC(NC(=O)COc3ccc(Cl)c(F)c3)C3CC2C3)cc1. The molecule has 3 aliphatic carbocycles. The van der Waals surface area contributed by atoms with Crippen LogP contribution in [0.1, 0.15) is 36.5 Å². The van der Waals surface area contributed by atoms with Crippen LogP contribution in [0.2, 0.25) is 5.02 Å². The molecular weight excluding hydrogens is 435 g/mol. The van der Waals surface area contributed by atoms with Gasteiger partial charge in [-0.15, -0.1) is 0 Å². The van der Waals surface area contributed by atoms with Gasteiger partial charge in [-0.05, 0) is 74.4 Å². The van der Waals surface area contributed by atoms with Crippen LogP contribution in [-0.2, 0) is 4.79 Å². The molecule has 8 heteroatoms. The van der Waals surface area contributed by atoms with Crippen molar-refractivity contribution >= 4 is 23.4 Å². The van der Waals surface area contributed by atoms with E-state index in [0.29, 0.717) is 30.4 Å². The summed E-state index contributed by atoms with van der Waals surface area (Å²) in [5.74, 6) is 0.839. The number of amides is 2. The van der Waals surface area contributed by atoms with Gasteiger partial charge in [0.15, 0.2) is 6.61 Å². The highest BCUT2D eigenvalue weighted by Crippen LogP contribution is 2.45. The lowest BCUT2D eigenvalue weighted by molar-refractivity contribution is -0.125. The number of benzene rings is 2. The van der Waals surface area contributed by atoms with E-state index in [1.165, 1.54) is 12.1 Å². The maximum Gasteiger partial charge on any atom is 0.258 e. The third-order valence-electron chi connectivity index (χ3n) is 6.21. The van der Waals surface area contributed by atoms with E-state index >= 15 is 0 Å². The van der Waals surface area contributed by atoms with Gasteiger partial charge in [0.2, 0.25) is 0 Å². The Morgan fingerprint density at radius 2 is 1.62 bits per heavy atom. The zero-order chi connectivity index (χ0) is 22.7. The Bertz CT molecular complexity index is 978. The van der Waals surface area contributed by atoms with E-state index in [0.717, 1.165) is 24.7 Å². The van der Waals surface area contributed by atoms with Crippen LogP contribution < -0.4 is 20.1 Å². The van der Waals surface area contributed by atoms with E-state index in [-0.39, 0.29) is 41.3 Å². The van der Waals surface area contributed by atoms with Gasteiger partial charge in [0.25, 0.3) is 11.8 Å². The van der Waals surface area contributed by atoms with Crippen LogP contribution in [0.25, 0.3) is 0 Å². The summed E-state index contributed by atoms with van der Waals surface area (Å²) in [7, 11) is 0. The molecule has 2 bridgehead atoms. The molecule has 0 saturated heterocycles. The van der Waals surface area contributed by atoms with E-state index in [1.54, 1.807) is 24.3 Å². The summed E-state index contributed by atoms with van der Waals surface area (Å²) < 4.78 is 24.3. The summed E-state index contributed by atoms with van der Waals surface area (Å²) in [6.45, 7) is 2.27. The molecular formula is C24H26ClFN2O4. The first kappa shape index (κ1) is 22.4. The summed E-state index contributed by atoms with van der Waals surface area (Å²) in [6, 6.07) is 11.1. The molecule has 0 heterocycles. The summed E-state index contributed by atoms with van der Waals surface area (Å²) in [5, 5.41) is 6.15. The van der Waals surface area contributed by atoms with Crippen molar-refractivity contribution in [2.45, 2.75) is 38.3 Å². The van der Waals surface area contributed by atoms with E-state index < -0.39 is 5.82 Å². The first-order valence-electron chi connectivity index (χ1n) is 10.8. The van der Waals surface area contributed by atoms with Gasteiger partial charge in [0, 0.05) is 23.7 Å². The molecule has 0 aliphatic heterocycles. The molecule has 2 aromatic carbocycles. The van der Waals surface area contributed by atoms with Gasteiger partial charge in [-0.25, -0.2) is 4.39 Å². The first-order chi connectivity index (χ1) is 15.4. The molecule has 3 aliphatic rings. The second-order valence-electron chi connectivity index (χ2n) is 8.30. The minimum absolute atomic E-state index is 0.00173. The van der Waals surface area contributed by atoms with Crippen LogP contribution in [0.4, 0.5) is 4.39 Å². The normalized spacial score (nSPS) is 23.6. The Morgan fingerprint density at radius 1 is 0.969 bits per heavy atom. The Balaban J connectivity index is 1.28. The van der Waals surface area contributed by atoms with Crippen molar-refractivity contribution in [2.75, 3.05) is 13.2 Å². The number of hydrogen-bond acceptors (Lipinski definition) is 4. The number of hydrogen-bond donors (Lipinski definition) is 2. The van der Waals surface area contributed by atoms with Crippen molar-refractivity contribution < 1.29 is 23.5 Å². The molecule has 5 rings (SSSR count). The molecule has 2 amide bonds. The van der Waals surface area contributed by atoms with Gasteiger partial charge in [0.1, 0.15) is 17.3 Å². The molecule has 3 saturated carbocycles. The monoisotopic (exact) mass is 460 g/mol. The number of halogens is 2. The molecule has 6 nitrogen and oxygen atoms in total. The van der Waals surface area contributed by atoms with Crippen LogP contribution >= 0.6 is 11.6 Å². The van der Waals surface area contributed by atoms with Crippen molar-refractivity contribution in [3.8, 4) is 11.5 Å². The second kappa shape index (κ2) is 9.77. The average molecular weight is 461 g/mol. The van der Waals surface area contributed by atoms with Gasteiger partial charge < -0.3 is 20.1 Å². The van der Waals surface area contributed by atoms with E-state index in [1.807, 2.05) is 6.92 Å². The van der Waals surface area contributed by atoms with E-state index in [2.05, 4.69) is 10.6 Å². The Morgan fingerprint density at radius 3 is 2.28 bits per heavy atom. The van der Waals surface area contributed by atoms with Gasteiger partial charge in [-0.3, -0.25) is 9.59 Å². The zero-order valence-electron chi connectivity index (χ0n) is 17.8. The number of rotatable bonds is 8. The van der Waals surface area contributed by atoms with E-state index in [9.17, 15) is 14.0 Å². The number of fused-ring (bicyclic) bond motifs is 2. The Kier molecular flexibility index (Phi) is 6.84. The smallest absolute Gasteiger partial charge is 0.258 e. The molecule has 32 heavy (non-hydrogen) atoms. The van der Waals surface area contributed by atoms with Gasteiger partial charge in [-0.1, -0.05) is 11.6 Å². The summed E-state index contributed by atoms with van der Waals surface area (Å²) in [6.07, 6.45) is 2.63. The number of ether oxygens (including phenoxy) is 2. The predicted molar refractivity (Wildman–Crippen MR) is 119 cm³/mol. The number of carbonyl (C=O) groups is 2. The van der Waals surface area contributed by atoms with Crippen LogP contribution in [-0.4, -0.2) is 37.1 Å². The third-order valence-corrected chi connectivity index (χ3v) is 6.51. The molecule has 0 aromatic heterocycles. The van der Waals surface area contributed by atoms with Crippen molar-refractivity contribution in [1.29, 1.82) is 0 Å². The largest absolute Gasteiger partial charge is 0.494 e. The molecule has 0 spiro atoms. The van der Waals surface area contributed by atoms with Crippen LogP contribution in [0.15, 0.2) is 42.5 Å². The molecule has 3 fully saturated rings. The molecule has 2 unspecified atom stereocenters. The standard InChI is InChI=1S/C24H26ClFN2O4/c1-2-31-17-5-3-14(4-6-17)24(30)28-22-12-21(15-9-16(22)10-15)27-23(29)13-32-18-7-8-19(25)20(26)11-18/h3-8,11,15-16,21-22H,2,9-10,12-13H2,1H3,(H,27,29)(H,28,30). The molecule has 0 radical (unpaired) electrons. The van der Waals surface area contributed by atoms with Gasteiger partial charge >= 0.3 is 0 Å². The minimum atomic E-state index is -0.594. The predicted octanol–water partition coefficient (Wildman–Crippen LogP) is 3.97. The number of carbonyl (C=O) groups excluding carboxylic acids is 2. The zero-order valence-corrected chi connectivity index (χ0v) is 18.5. The molecule has 2 aromatic rings. The third kappa shape index (κ3) is 5.15. The first-order valence-corrected chi connectivity index (χ1v) is 11.2. The quantitative estimate of drug-likeness (QED) is 0.625. The van der Waals surface area contributed by atoms with Crippen molar-refractivity contribution in [2.24, 2.45) is 11.8 Å². The average Bonchev–Trinajstić information content (AvgIpc) is 2.74. The van der Waals surface area contributed by atoms with Crippen molar-refractivity contribution in [3.05, 3.63) is 58.9 Å². The minimum Gasteiger partial charge on any atom is -0.494 e. The van der Waals surface area contributed by atoms with Crippen LogP contribution in [0.3, 0.4) is 0 Å². The summed E-state index contributed by atoms with van der Waals surface area (Å²) in [5.41, 5.74) is 0.582. The highest BCUT2D eigenvalue weighted by molar-refractivity contribution is 6.30. The second-order valence-corrected chi connectivity index (χ2v) is 8.71. The van der Waals surface area contributed by atoms with Crippen LogP contribution in [0.5, 0.6) is 11.5 Å². The maximum absolute atomic E-state index is 13.5. The molecule has 170 valence electrons. The molecule has 2 atom stereocenters. The lowest BCUT2D eigenvalue weighted by Crippen LogP contribution is -2.60. The summed E-state index contributed by atoms with van der Waals surface area (Å²) >= 11 is 5.66. The fraction of sp³-hybridized carbons (Fsp3) is 0.417. The van der Waals surface area contributed by atoms with Crippen molar-refractivity contribution in [1.82, 2.24) is 10.6 Å². The lowest BCUT2D eigenvalue weighted by atomic mass is 9.60. The lowest BCUT2D eigenvalue weighted by Gasteiger charge is -2.51. The topological polar surface area (TPSA) is 76.7 Å². The van der Waals surface area contributed by atoms with Gasteiger partial charge in [-0.2, -0.15) is 0 Å².